The van der Waals surface area contributed by atoms with Crippen LogP contribution in [0.25, 0.3) is 0 Å². The van der Waals surface area contributed by atoms with Crippen LogP contribution in [0.15, 0.2) is 18.2 Å². The summed E-state index contributed by atoms with van der Waals surface area (Å²) in [6.45, 7) is 2.69. The second-order valence-corrected chi connectivity index (χ2v) is 5.24. The summed E-state index contributed by atoms with van der Waals surface area (Å²) in [5.74, 6) is -0.382. The zero-order chi connectivity index (χ0) is 15.0. The van der Waals surface area contributed by atoms with E-state index in [1.165, 1.54) is 7.11 Å². The Hall–Kier alpha value is -2.44. The molecule has 1 atom stereocenters. The average molecular weight is 290 g/mol. The first-order valence-corrected chi connectivity index (χ1v) is 6.87. The Morgan fingerprint density at radius 1 is 1.43 bits per heavy atom. The Kier molecular flexibility index (Phi) is 3.32. The molecule has 2 heterocycles. The van der Waals surface area contributed by atoms with Crippen molar-refractivity contribution < 1.29 is 14.3 Å². The van der Waals surface area contributed by atoms with Crippen LogP contribution in [0, 0.1) is 0 Å². The number of carbonyl (C=O) groups excluding carboxylic acids is 2. The van der Waals surface area contributed by atoms with Crippen molar-refractivity contribution >= 4 is 23.4 Å². The maximum Gasteiger partial charge on any atom is 0.337 e. The van der Waals surface area contributed by atoms with E-state index in [0.29, 0.717) is 37.4 Å². The molecule has 21 heavy (non-hydrogen) atoms. The molecule has 1 unspecified atom stereocenters. The summed E-state index contributed by atoms with van der Waals surface area (Å²) in [6, 6.07) is 5.26. The third kappa shape index (κ3) is 2.35. The Morgan fingerprint density at radius 3 is 3.00 bits per heavy atom. The van der Waals surface area contributed by atoms with Crippen molar-refractivity contribution in [3.63, 3.8) is 0 Å². The van der Waals surface area contributed by atoms with E-state index >= 15 is 0 Å². The molecule has 2 fully saturated rings. The minimum absolute atomic E-state index is 0.00377. The molecule has 112 valence electrons. The van der Waals surface area contributed by atoms with Gasteiger partial charge < -0.3 is 25.6 Å². The van der Waals surface area contributed by atoms with Gasteiger partial charge in [0.15, 0.2) is 0 Å². The number of methoxy groups -OCH3 is 1. The molecule has 0 spiro atoms. The number of anilines is 2. The van der Waals surface area contributed by atoms with E-state index in [1.807, 2.05) is 4.90 Å². The number of hydrogen-bond acceptors (Lipinski definition) is 5. The third-order valence-electron chi connectivity index (χ3n) is 4.02. The zero-order valence-electron chi connectivity index (χ0n) is 11.8. The maximum atomic E-state index is 11.6. The standard InChI is InChI=1S/C14H18N4O3/c1-21-13(19)9-2-3-11(15)12(6-9)17-4-5-18-10(8-17)7-16-14(18)20/h2-3,6,10H,4-5,7-8,15H2,1H3,(H,16,20). The van der Waals surface area contributed by atoms with Crippen LogP contribution in [0.5, 0.6) is 0 Å². The van der Waals surface area contributed by atoms with Crippen LogP contribution in [0.3, 0.4) is 0 Å². The number of esters is 1. The highest BCUT2D eigenvalue weighted by atomic mass is 16.5. The van der Waals surface area contributed by atoms with Crippen molar-refractivity contribution in [2.75, 3.05) is 43.9 Å². The SMILES string of the molecule is COC(=O)c1ccc(N)c(N2CCN3C(=O)NCC3C2)c1. The molecule has 1 aromatic carbocycles. The van der Waals surface area contributed by atoms with E-state index in [0.717, 1.165) is 5.69 Å². The molecule has 7 nitrogen and oxygen atoms in total. The number of urea groups is 1. The van der Waals surface area contributed by atoms with Gasteiger partial charge in [0.05, 0.1) is 30.1 Å². The quantitative estimate of drug-likeness (QED) is 0.603. The fourth-order valence-corrected chi connectivity index (χ4v) is 2.89. The summed E-state index contributed by atoms with van der Waals surface area (Å²) in [6.07, 6.45) is 0. The monoisotopic (exact) mass is 290 g/mol. The molecular weight excluding hydrogens is 272 g/mol. The number of fused-ring (bicyclic) bond motifs is 1. The van der Waals surface area contributed by atoms with E-state index in [-0.39, 0.29) is 18.0 Å². The lowest BCUT2D eigenvalue weighted by Crippen LogP contribution is -2.52. The van der Waals surface area contributed by atoms with Crippen LogP contribution in [0.4, 0.5) is 16.2 Å². The molecule has 2 aliphatic rings. The van der Waals surface area contributed by atoms with E-state index in [9.17, 15) is 9.59 Å². The van der Waals surface area contributed by atoms with Crippen LogP contribution in [-0.2, 0) is 4.74 Å². The smallest absolute Gasteiger partial charge is 0.337 e. The highest BCUT2D eigenvalue weighted by Gasteiger charge is 2.35. The summed E-state index contributed by atoms with van der Waals surface area (Å²) in [4.78, 5) is 27.2. The lowest BCUT2D eigenvalue weighted by molar-refractivity contribution is 0.0601. The predicted octanol–water partition coefficient (Wildman–Crippen LogP) is 0.269. The summed E-state index contributed by atoms with van der Waals surface area (Å²) >= 11 is 0. The Labute approximate surface area is 122 Å². The molecule has 0 aromatic heterocycles. The van der Waals surface area contributed by atoms with Gasteiger partial charge in [-0.1, -0.05) is 0 Å². The number of nitrogens with zero attached hydrogens (tertiary/aromatic N) is 2. The molecule has 0 saturated carbocycles. The van der Waals surface area contributed by atoms with Crippen LogP contribution in [-0.4, -0.2) is 56.2 Å². The van der Waals surface area contributed by atoms with Gasteiger partial charge in [0.25, 0.3) is 0 Å². The van der Waals surface area contributed by atoms with E-state index in [4.69, 9.17) is 10.5 Å². The maximum absolute atomic E-state index is 11.6. The average Bonchev–Trinajstić information content (AvgIpc) is 2.88. The zero-order valence-corrected chi connectivity index (χ0v) is 11.8. The van der Waals surface area contributed by atoms with Crippen molar-refractivity contribution in [1.29, 1.82) is 0 Å². The van der Waals surface area contributed by atoms with E-state index in [1.54, 1.807) is 18.2 Å². The molecular formula is C14H18N4O3. The predicted molar refractivity (Wildman–Crippen MR) is 78.3 cm³/mol. The number of rotatable bonds is 2. The Balaban J connectivity index is 1.84. The molecule has 2 saturated heterocycles. The lowest BCUT2D eigenvalue weighted by atomic mass is 10.1. The van der Waals surface area contributed by atoms with Gasteiger partial charge in [-0.15, -0.1) is 0 Å². The summed E-state index contributed by atoms with van der Waals surface area (Å²) in [5.41, 5.74) is 7.95. The van der Waals surface area contributed by atoms with E-state index in [2.05, 4.69) is 10.2 Å². The van der Waals surface area contributed by atoms with Gasteiger partial charge in [0.2, 0.25) is 0 Å². The van der Waals surface area contributed by atoms with Gasteiger partial charge in [-0.25, -0.2) is 9.59 Å². The second kappa shape index (κ2) is 5.16. The highest BCUT2D eigenvalue weighted by molar-refractivity contribution is 5.92. The third-order valence-corrected chi connectivity index (χ3v) is 4.02. The molecule has 2 aliphatic heterocycles. The van der Waals surface area contributed by atoms with Crippen molar-refractivity contribution in [3.05, 3.63) is 23.8 Å². The molecule has 2 amide bonds. The minimum atomic E-state index is -0.382. The summed E-state index contributed by atoms with van der Waals surface area (Å²) in [5, 5.41) is 2.84. The number of carbonyl (C=O) groups is 2. The van der Waals surface area contributed by atoms with Gasteiger partial charge in [0.1, 0.15) is 0 Å². The summed E-state index contributed by atoms with van der Waals surface area (Å²) < 4.78 is 4.74. The first-order valence-electron chi connectivity index (χ1n) is 6.87. The highest BCUT2D eigenvalue weighted by Crippen LogP contribution is 2.28. The fourth-order valence-electron chi connectivity index (χ4n) is 2.89. The number of amides is 2. The summed E-state index contributed by atoms with van der Waals surface area (Å²) in [7, 11) is 1.35. The molecule has 0 radical (unpaired) electrons. The van der Waals surface area contributed by atoms with Crippen LogP contribution < -0.4 is 16.0 Å². The Morgan fingerprint density at radius 2 is 2.24 bits per heavy atom. The number of benzene rings is 1. The number of piperazine rings is 1. The van der Waals surface area contributed by atoms with Gasteiger partial charge in [-0.2, -0.15) is 0 Å². The van der Waals surface area contributed by atoms with Crippen LogP contribution in [0.2, 0.25) is 0 Å². The molecule has 0 aliphatic carbocycles. The Bertz CT molecular complexity index is 590. The molecule has 7 heteroatoms. The number of nitrogen functional groups attached to an aromatic ring is 1. The molecule has 3 rings (SSSR count). The van der Waals surface area contributed by atoms with Crippen LogP contribution >= 0.6 is 0 Å². The van der Waals surface area contributed by atoms with Gasteiger partial charge in [-0.3, -0.25) is 0 Å². The minimum Gasteiger partial charge on any atom is -0.465 e. The first-order chi connectivity index (χ1) is 10.1. The second-order valence-electron chi connectivity index (χ2n) is 5.24. The van der Waals surface area contributed by atoms with Gasteiger partial charge in [-0.05, 0) is 18.2 Å². The van der Waals surface area contributed by atoms with Gasteiger partial charge in [0, 0.05) is 26.2 Å². The number of nitrogens with two attached hydrogens (primary N) is 1. The number of nitrogens with one attached hydrogen (secondary N) is 1. The van der Waals surface area contributed by atoms with Crippen molar-refractivity contribution in [2.45, 2.75) is 6.04 Å². The van der Waals surface area contributed by atoms with Crippen molar-refractivity contribution in [1.82, 2.24) is 10.2 Å². The van der Waals surface area contributed by atoms with Crippen molar-refractivity contribution in [3.8, 4) is 0 Å². The van der Waals surface area contributed by atoms with E-state index < -0.39 is 0 Å². The lowest BCUT2D eigenvalue weighted by Gasteiger charge is -2.38. The first kappa shape index (κ1) is 13.5. The molecule has 0 bridgehead atoms. The fraction of sp³-hybridized carbons (Fsp3) is 0.429. The topological polar surface area (TPSA) is 87.9 Å². The number of hydrogen-bond donors (Lipinski definition) is 2. The number of ether oxygens (including phenoxy) is 1. The normalized spacial score (nSPS) is 21.0. The largest absolute Gasteiger partial charge is 0.465 e. The molecule has 3 N–H and O–H groups in total. The van der Waals surface area contributed by atoms with Crippen molar-refractivity contribution in [2.24, 2.45) is 0 Å². The van der Waals surface area contributed by atoms with Gasteiger partial charge >= 0.3 is 12.0 Å². The molecule has 1 aromatic rings. The van der Waals surface area contributed by atoms with Crippen LogP contribution in [0.1, 0.15) is 10.4 Å².